The van der Waals surface area contributed by atoms with Crippen LogP contribution in [-0.4, -0.2) is 31.7 Å². The molecule has 2 aromatic carbocycles. The second-order valence-corrected chi connectivity index (χ2v) is 9.69. The summed E-state index contributed by atoms with van der Waals surface area (Å²) >= 11 is 11.7. The van der Waals surface area contributed by atoms with Crippen LogP contribution in [0.5, 0.6) is 0 Å². The first-order valence-electron chi connectivity index (χ1n) is 8.85. The fourth-order valence-corrected chi connectivity index (χ4v) is 4.95. The van der Waals surface area contributed by atoms with Crippen molar-refractivity contribution >= 4 is 44.8 Å². The lowest BCUT2D eigenvalue weighted by Crippen LogP contribution is -2.37. The third kappa shape index (κ3) is 4.71. The van der Waals surface area contributed by atoms with Crippen LogP contribution in [0.1, 0.15) is 30.1 Å². The number of piperidine rings is 1. The first-order chi connectivity index (χ1) is 13.6. The van der Waals surface area contributed by atoms with Gasteiger partial charge in [-0.3, -0.25) is 4.79 Å². The van der Waals surface area contributed by atoms with Gasteiger partial charge in [-0.05, 0) is 43.0 Å². The van der Waals surface area contributed by atoms with Gasteiger partial charge in [0.1, 0.15) is 0 Å². The summed E-state index contributed by atoms with van der Waals surface area (Å²) in [5, 5.41) is 1.87. The number of amides is 1. The monoisotopic (exact) mass is 462 g/mol. The van der Waals surface area contributed by atoms with Gasteiger partial charge in [0.05, 0.1) is 20.5 Å². The predicted molar refractivity (Wildman–Crippen MR) is 108 cm³/mol. The van der Waals surface area contributed by atoms with Crippen LogP contribution in [0, 0.1) is 17.6 Å². The Morgan fingerprint density at radius 1 is 1.10 bits per heavy atom. The molecule has 0 aromatic heterocycles. The van der Waals surface area contributed by atoms with E-state index in [2.05, 4.69) is 12.2 Å². The zero-order valence-electron chi connectivity index (χ0n) is 15.4. The van der Waals surface area contributed by atoms with Crippen LogP contribution < -0.4 is 5.32 Å². The highest BCUT2D eigenvalue weighted by Gasteiger charge is 2.29. The van der Waals surface area contributed by atoms with Gasteiger partial charge in [0.2, 0.25) is 10.0 Å². The summed E-state index contributed by atoms with van der Waals surface area (Å²) in [6.07, 6.45) is 1.52. The Hall–Kier alpha value is -1.74. The fourth-order valence-electron chi connectivity index (χ4n) is 3.04. The molecule has 0 aliphatic carbocycles. The smallest absolute Gasteiger partial charge is 0.257 e. The van der Waals surface area contributed by atoms with Gasteiger partial charge >= 0.3 is 0 Å². The molecule has 0 radical (unpaired) electrons. The van der Waals surface area contributed by atoms with E-state index < -0.39 is 32.6 Å². The molecule has 156 valence electrons. The summed E-state index contributed by atoms with van der Waals surface area (Å²) in [4.78, 5) is 12.5. The van der Waals surface area contributed by atoms with Crippen LogP contribution >= 0.6 is 23.2 Å². The van der Waals surface area contributed by atoms with E-state index in [0.717, 1.165) is 25.0 Å². The quantitative estimate of drug-likeness (QED) is 0.653. The molecular weight excluding hydrogens is 445 g/mol. The van der Waals surface area contributed by atoms with Crippen molar-refractivity contribution in [3.8, 4) is 0 Å². The Morgan fingerprint density at radius 2 is 1.76 bits per heavy atom. The molecule has 3 rings (SSSR count). The SMILES string of the molecule is CC1CCN(S(=O)(=O)c2ccc(Cl)c(C(=O)Nc3cc(F)c(F)c(Cl)c3)c2)CC1. The highest BCUT2D eigenvalue weighted by molar-refractivity contribution is 7.89. The fraction of sp³-hybridized carbons (Fsp3) is 0.316. The molecule has 1 aliphatic heterocycles. The Kier molecular flexibility index (Phi) is 6.48. The van der Waals surface area contributed by atoms with Crippen LogP contribution in [0.3, 0.4) is 0 Å². The highest BCUT2D eigenvalue weighted by Crippen LogP contribution is 2.28. The molecule has 29 heavy (non-hydrogen) atoms. The first-order valence-corrected chi connectivity index (χ1v) is 11.0. The standard InChI is InChI=1S/C19H18Cl2F2N2O3S/c1-11-4-6-25(7-5-11)29(27,28)13-2-3-15(20)14(10-13)19(26)24-12-8-16(21)18(23)17(22)9-12/h2-3,8-11H,4-7H2,1H3,(H,24,26). The zero-order valence-corrected chi connectivity index (χ0v) is 17.7. The molecule has 0 spiro atoms. The zero-order chi connectivity index (χ0) is 21.3. The third-order valence-electron chi connectivity index (χ3n) is 4.80. The van der Waals surface area contributed by atoms with Crippen molar-refractivity contribution in [3.63, 3.8) is 0 Å². The second-order valence-electron chi connectivity index (χ2n) is 6.94. The first kappa shape index (κ1) is 22.0. The van der Waals surface area contributed by atoms with Crippen molar-refractivity contribution in [2.75, 3.05) is 18.4 Å². The molecule has 0 atom stereocenters. The molecule has 2 aromatic rings. The molecule has 1 saturated heterocycles. The van der Waals surface area contributed by atoms with Gasteiger partial charge in [0.15, 0.2) is 11.6 Å². The van der Waals surface area contributed by atoms with Gasteiger partial charge < -0.3 is 5.32 Å². The number of hydrogen-bond donors (Lipinski definition) is 1. The predicted octanol–water partition coefficient (Wildman–Crippen LogP) is 4.94. The van der Waals surface area contributed by atoms with Crippen LogP contribution in [0.15, 0.2) is 35.2 Å². The number of halogens is 4. The Morgan fingerprint density at radius 3 is 2.38 bits per heavy atom. The van der Waals surface area contributed by atoms with Gasteiger partial charge in [-0.2, -0.15) is 4.31 Å². The maximum atomic E-state index is 13.5. The summed E-state index contributed by atoms with van der Waals surface area (Å²) < 4.78 is 54.0. The molecule has 1 fully saturated rings. The molecule has 0 saturated carbocycles. The van der Waals surface area contributed by atoms with E-state index in [-0.39, 0.29) is 21.2 Å². The summed E-state index contributed by atoms with van der Waals surface area (Å²) in [7, 11) is -3.79. The van der Waals surface area contributed by atoms with Crippen molar-refractivity contribution < 1.29 is 22.0 Å². The average molecular weight is 463 g/mol. The number of rotatable bonds is 4. The minimum absolute atomic E-state index is 0.0161. The lowest BCUT2D eigenvalue weighted by molar-refractivity contribution is 0.102. The molecule has 0 bridgehead atoms. The van der Waals surface area contributed by atoms with E-state index in [0.29, 0.717) is 19.0 Å². The highest BCUT2D eigenvalue weighted by atomic mass is 35.5. The maximum absolute atomic E-state index is 13.5. The van der Waals surface area contributed by atoms with E-state index in [1.54, 1.807) is 0 Å². The van der Waals surface area contributed by atoms with E-state index in [9.17, 15) is 22.0 Å². The van der Waals surface area contributed by atoms with Crippen molar-refractivity contribution in [3.05, 3.63) is 57.6 Å². The van der Waals surface area contributed by atoms with Crippen molar-refractivity contribution in [2.24, 2.45) is 5.92 Å². The summed E-state index contributed by atoms with van der Waals surface area (Å²) in [5.74, 6) is -2.78. The van der Waals surface area contributed by atoms with Crippen molar-refractivity contribution in [1.82, 2.24) is 4.31 Å². The maximum Gasteiger partial charge on any atom is 0.257 e. The number of nitrogens with zero attached hydrogens (tertiary/aromatic N) is 1. The Balaban J connectivity index is 1.88. The lowest BCUT2D eigenvalue weighted by atomic mass is 10.0. The number of carbonyl (C=O) groups is 1. The Labute approximate surface area is 177 Å². The van der Waals surface area contributed by atoms with E-state index in [1.807, 2.05) is 0 Å². The summed E-state index contributed by atoms with van der Waals surface area (Å²) in [6, 6.07) is 5.63. The number of anilines is 1. The van der Waals surface area contributed by atoms with Gasteiger partial charge in [0.25, 0.3) is 5.91 Å². The minimum atomic E-state index is -3.79. The van der Waals surface area contributed by atoms with Crippen LogP contribution in [0.4, 0.5) is 14.5 Å². The normalized spacial score (nSPS) is 16.0. The van der Waals surface area contributed by atoms with Gasteiger partial charge in [-0.1, -0.05) is 30.1 Å². The lowest BCUT2D eigenvalue weighted by Gasteiger charge is -2.29. The van der Waals surface area contributed by atoms with Crippen molar-refractivity contribution in [1.29, 1.82) is 0 Å². The molecular formula is C19H18Cl2F2N2O3S. The number of hydrogen-bond acceptors (Lipinski definition) is 3. The van der Waals surface area contributed by atoms with E-state index >= 15 is 0 Å². The number of sulfonamides is 1. The Bertz CT molecular complexity index is 1030. The van der Waals surface area contributed by atoms with Gasteiger partial charge in [-0.25, -0.2) is 17.2 Å². The van der Waals surface area contributed by atoms with Crippen molar-refractivity contribution in [2.45, 2.75) is 24.7 Å². The van der Waals surface area contributed by atoms with Crippen LogP contribution in [0.2, 0.25) is 10.0 Å². The van der Waals surface area contributed by atoms with Crippen LogP contribution in [-0.2, 0) is 10.0 Å². The molecule has 1 aliphatic rings. The van der Waals surface area contributed by atoms with Gasteiger partial charge in [0, 0.05) is 24.8 Å². The molecule has 0 unspecified atom stereocenters. The number of nitrogens with one attached hydrogen (secondary N) is 1. The molecule has 5 nitrogen and oxygen atoms in total. The third-order valence-corrected chi connectivity index (χ3v) is 7.30. The summed E-state index contributed by atoms with van der Waals surface area (Å²) in [5.41, 5.74) is -0.202. The average Bonchev–Trinajstić information content (AvgIpc) is 2.66. The number of carbonyl (C=O) groups excluding carboxylic acids is 1. The molecule has 1 heterocycles. The number of benzene rings is 2. The molecule has 1 amide bonds. The van der Waals surface area contributed by atoms with Gasteiger partial charge in [-0.15, -0.1) is 0 Å². The minimum Gasteiger partial charge on any atom is -0.322 e. The van der Waals surface area contributed by atoms with E-state index in [1.165, 1.54) is 22.5 Å². The topological polar surface area (TPSA) is 66.5 Å². The summed E-state index contributed by atoms with van der Waals surface area (Å²) in [6.45, 7) is 2.88. The van der Waals surface area contributed by atoms with Crippen LogP contribution in [0.25, 0.3) is 0 Å². The second kappa shape index (κ2) is 8.55. The molecule has 1 N–H and O–H groups in total. The van der Waals surface area contributed by atoms with E-state index in [4.69, 9.17) is 23.2 Å². The molecule has 10 heteroatoms. The largest absolute Gasteiger partial charge is 0.322 e.